The average Bonchev–Trinajstić information content (AvgIpc) is 2.49. The lowest BCUT2D eigenvalue weighted by atomic mass is 10.2. The summed E-state index contributed by atoms with van der Waals surface area (Å²) in [6, 6.07) is 16.4. The largest absolute Gasteiger partial charge is 0.324 e. The molecule has 0 saturated heterocycles. The van der Waals surface area contributed by atoms with E-state index in [2.05, 4.69) is 20.3 Å². The fourth-order valence-corrected chi connectivity index (χ4v) is 1.82. The Bertz CT molecular complexity index is 768. The highest BCUT2D eigenvalue weighted by atomic mass is 16.1. The zero-order chi connectivity index (χ0) is 13.8. The third-order valence-electron chi connectivity index (χ3n) is 2.73. The van der Waals surface area contributed by atoms with Crippen LogP contribution in [-0.2, 0) is 0 Å². The summed E-state index contributed by atoms with van der Waals surface area (Å²) in [6.07, 6.45) is 1.65. The molecule has 0 aliphatic rings. The first kappa shape index (κ1) is 12.1. The van der Waals surface area contributed by atoms with E-state index in [0.717, 1.165) is 5.69 Å². The van der Waals surface area contributed by atoms with Gasteiger partial charge in [0.25, 0.3) is 0 Å². The number of hydrogen-bond donors (Lipinski definition) is 2. The molecule has 0 aliphatic carbocycles. The van der Waals surface area contributed by atoms with E-state index >= 15 is 0 Å². The topological polar surface area (TPSA) is 70.7 Å². The first-order chi connectivity index (χ1) is 9.81. The summed E-state index contributed by atoms with van der Waals surface area (Å²) in [7, 11) is 0. The molecule has 3 aromatic rings. The van der Waals surface area contributed by atoms with Crippen molar-refractivity contribution in [2.24, 2.45) is 0 Å². The van der Waals surface area contributed by atoms with Gasteiger partial charge in [-0.15, -0.1) is 0 Å². The van der Waals surface area contributed by atoms with Crippen LogP contribution in [0.25, 0.3) is 11.4 Å². The summed E-state index contributed by atoms with van der Waals surface area (Å²) in [4.78, 5) is 22.6. The van der Waals surface area contributed by atoms with E-state index in [1.165, 1.54) is 6.07 Å². The minimum atomic E-state index is -0.154. The van der Waals surface area contributed by atoms with Gasteiger partial charge >= 0.3 is 0 Å². The van der Waals surface area contributed by atoms with Gasteiger partial charge in [-0.25, -0.2) is 9.97 Å². The van der Waals surface area contributed by atoms with Crippen LogP contribution in [0.3, 0.4) is 0 Å². The first-order valence-electron chi connectivity index (χ1n) is 6.16. The number of hydrogen-bond acceptors (Lipinski definition) is 4. The molecule has 1 aromatic carbocycles. The Hall–Kier alpha value is -2.95. The normalized spacial score (nSPS) is 10.2. The van der Waals surface area contributed by atoms with Crippen molar-refractivity contribution < 1.29 is 0 Å². The molecule has 0 bridgehead atoms. The van der Waals surface area contributed by atoms with Crippen LogP contribution in [-0.4, -0.2) is 15.0 Å². The monoisotopic (exact) mass is 264 g/mol. The van der Waals surface area contributed by atoms with Crippen molar-refractivity contribution >= 4 is 11.6 Å². The van der Waals surface area contributed by atoms with Crippen molar-refractivity contribution in [3.8, 4) is 11.4 Å². The van der Waals surface area contributed by atoms with Gasteiger partial charge in [-0.3, -0.25) is 4.79 Å². The summed E-state index contributed by atoms with van der Waals surface area (Å²) in [6.45, 7) is 0. The quantitative estimate of drug-likeness (QED) is 0.762. The van der Waals surface area contributed by atoms with Crippen LogP contribution >= 0.6 is 0 Å². The molecular weight excluding hydrogens is 252 g/mol. The Labute approximate surface area is 115 Å². The Kier molecular flexibility index (Phi) is 3.24. The lowest BCUT2D eigenvalue weighted by molar-refractivity contribution is 1.14. The molecule has 0 radical (unpaired) electrons. The second kappa shape index (κ2) is 5.36. The number of anilines is 2. The number of H-pyrrole nitrogens is 1. The van der Waals surface area contributed by atoms with E-state index in [4.69, 9.17) is 0 Å². The van der Waals surface area contributed by atoms with Crippen LogP contribution in [0, 0.1) is 0 Å². The van der Waals surface area contributed by atoms with Gasteiger partial charge in [0, 0.05) is 18.0 Å². The Morgan fingerprint density at radius 3 is 2.60 bits per heavy atom. The van der Waals surface area contributed by atoms with Crippen molar-refractivity contribution in [1.82, 2.24) is 15.0 Å². The van der Waals surface area contributed by atoms with Crippen LogP contribution in [0.1, 0.15) is 0 Å². The van der Waals surface area contributed by atoms with Crippen LogP contribution in [0.5, 0.6) is 0 Å². The number of aromatic nitrogens is 3. The van der Waals surface area contributed by atoms with Gasteiger partial charge in [0.1, 0.15) is 0 Å². The Morgan fingerprint density at radius 1 is 0.950 bits per heavy atom. The maximum atomic E-state index is 11.3. The third kappa shape index (κ3) is 2.72. The maximum absolute atomic E-state index is 11.3. The average molecular weight is 264 g/mol. The fourth-order valence-electron chi connectivity index (χ4n) is 1.82. The number of aromatic amines is 1. The number of nitrogens with one attached hydrogen (secondary N) is 2. The van der Waals surface area contributed by atoms with E-state index in [9.17, 15) is 4.79 Å². The van der Waals surface area contributed by atoms with Crippen LogP contribution in [0.4, 0.5) is 11.6 Å². The molecule has 2 N–H and O–H groups in total. The summed E-state index contributed by atoms with van der Waals surface area (Å²) in [5, 5.41) is 3.11. The van der Waals surface area contributed by atoms with E-state index < -0.39 is 0 Å². The zero-order valence-corrected chi connectivity index (χ0v) is 10.6. The zero-order valence-electron chi connectivity index (χ0n) is 10.6. The van der Waals surface area contributed by atoms with E-state index in [0.29, 0.717) is 17.3 Å². The molecule has 0 fully saturated rings. The van der Waals surface area contributed by atoms with Crippen LogP contribution in [0.15, 0.2) is 65.6 Å². The molecule has 3 rings (SSSR count). The predicted molar refractivity (Wildman–Crippen MR) is 77.8 cm³/mol. The highest BCUT2D eigenvalue weighted by Crippen LogP contribution is 2.16. The Balaban J connectivity index is 1.92. The Morgan fingerprint density at radius 2 is 1.80 bits per heavy atom. The van der Waals surface area contributed by atoms with Gasteiger partial charge in [0.2, 0.25) is 11.5 Å². The molecule has 0 aliphatic heterocycles. The molecule has 5 nitrogen and oxygen atoms in total. The second-order valence-electron chi connectivity index (χ2n) is 4.19. The van der Waals surface area contributed by atoms with Crippen LogP contribution in [0.2, 0.25) is 0 Å². The number of para-hydroxylation sites is 1. The van der Waals surface area contributed by atoms with Crippen molar-refractivity contribution in [3.63, 3.8) is 0 Å². The van der Waals surface area contributed by atoms with Gasteiger partial charge in [0.15, 0.2) is 0 Å². The molecule has 0 atom stereocenters. The van der Waals surface area contributed by atoms with Crippen molar-refractivity contribution in [3.05, 3.63) is 71.1 Å². The minimum absolute atomic E-state index is 0.154. The van der Waals surface area contributed by atoms with Crippen molar-refractivity contribution in [2.45, 2.75) is 0 Å². The standard InChI is InChI=1S/C15H12N4O/c20-14-8-4-7-12(18-14)13-9-10-16-15(19-13)17-11-5-2-1-3-6-11/h1-10H,(H,18,20)(H,16,17,19). The lowest BCUT2D eigenvalue weighted by Crippen LogP contribution is -2.05. The van der Waals surface area contributed by atoms with Crippen molar-refractivity contribution in [2.75, 3.05) is 5.32 Å². The number of benzene rings is 1. The smallest absolute Gasteiger partial charge is 0.248 e. The van der Waals surface area contributed by atoms with E-state index in [-0.39, 0.29) is 5.56 Å². The fraction of sp³-hybridized carbons (Fsp3) is 0. The summed E-state index contributed by atoms with van der Waals surface area (Å²) >= 11 is 0. The molecule has 5 heteroatoms. The molecule has 2 heterocycles. The second-order valence-corrected chi connectivity index (χ2v) is 4.19. The summed E-state index contributed by atoms with van der Waals surface area (Å²) < 4.78 is 0. The van der Waals surface area contributed by atoms with Gasteiger partial charge < -0.3 is 10.3 Å². The number of nitrogens with zero attached hydrogens (tertiary/aromatic N) is 2. The molecule has 2 aromatic heterocycles. The number of rotatable bonds is 3. The van der Waals surface area contributed by atoms with Gasteiger partial charge in [-0.2, -0.15) is 0 Å². The first-order valence-corrected chi connectivity index (χ1v) is 6.16. The van der Waals surface area contributed by atoms with E-state index in [1.807, 2.05) is 30.3 Å². The highest BCUT2D eigenvalue weighted by Gasteiger charge is 2.03. The van der Waals surface area contributed by atoms with Gasteiger partial charge in [-0.05, 0) is 24.3 Å². The van der Waals surface area contributed by atoms with E-state index in [1.54, 1.807) is 24.4 Å². The van der Waals surface area contributed by atoms with Crippen molar-refractivity contribution in [1.29, 1.82) is 0 Å². The summed E-state index contributed by atoms with van der Waals surface area (Å²) in [5.74, 6) is 0.485. The maximum Gasteiger partial charge on any atom is 0.248 e. The molecule has 0 spiro atoms. The molecule has 0 saturated carbocycles. The minimum Gasteiger partial charge on any atom is -0.324 e. The number of pyridine rings is 1. The lowest BCUT2D eigenvalue weighted by Gasteiger charge is -2.06. The third-order valence-corrected chi connectivity index (χ3v) is 2.73. The molecule has 0 amide bonds. The molecule has 98 valence electrons. The predicted octanol–water partition coefficient (Wildman–Crippen LogP) is 2.58. The molecule has 0 unspecified atom stereocenters. The van der Waals surface area contributed by atoms with Gasteiger partial charge in [-0.1, -0.05) is 24.3 Å². The summed E-state index contributed by atoms with van der Waals surface area (Å²) in [5.41, 5.74) is 2.08. The van der Waals surface area contributed by atoms with Gasteiger partial charge in [0.05, 0.1) is 11.4 Å². The highest BCUT2D eigenvalue weighted by molar-refractivity contribution is 5.58. The van der Waals surface area contributed by atoms with Crippen LogP contribution < -0.4 is 10.9 Å². The molecule has 20 heavy (non-hydrogen) atoms. The SMILES string of the molecule is O=c1cccc(-c2ccnc(Nc3ccccc3)n2)[nH]1. The molecular formula is C15H12N4O.